The zero-order valence-corrected chi connectivity index (χ0v) is 16.7. The normalized spacial score (nSPS) is 33.5. The second-order valence-electron chi connectivity index (χ2n) is 8.64. The number of thioether (sulfide) groups is 1. The highest BCUT2D eigenvalue weighted by atomic mass is 32.2. The number of aromatic amines is 1. The highest BCUT2D eigenvalue weighted by Crippen LogP contribution is 2.61. The van der Waals surface area contributed by atoms with Gasteiger partial charge in [-0.05, 0) is 74.6 Å². The molecule has 6 rings (SSSR count). The first-order chi connectivity index (χ1) is 12.6. The SMILES string of the molecule is CC(Sc1n[nH]c(Cc2cccs2)n1)C(=O)C12CC3CC(CC(C3)C1)C2. The van der Waals surface area contributed by atoms with Crippen LogP contribution in [0.5, 0.6) is 0 Å². The summed E-state index contributed by atoms with van der Waals surface area (Å²) >= 11 is 3.26. The summed E-state index contributed by atoms with van der Waals surface area (Å²) < 4.78 is 0. The minimum absolute atomic E-state index is 0.0305. The fraction of sp³-hybridized carbons (Fsp3) is 0.650. The van der Waals surface area contributed by atoms with Gasteiger partial charge in [0, 0.05) is 16.7 Å². The molecule has 2 aromatic heterocycles. The summed E-state index contributed by atoms with van der Waals surface area (Å²) in [5, 5.41) is 10.1. The Morgan fingerprint density at radius 2 is 2.00 bits per heavy atom. The van der Waals surface area contributed by atoms with Crippen LogP contribution in [0.15, 0.2) is 22.7 Å². The number of carbonyl (C=O) groups excluding carboxylic acids is 1. The van der Waals surface area contributed by atoms with Crippen molar-refractivity contribution in [2.45, 2.75) is 62.3 Å². The summed E-state index contributed by atoms with van der Waals surface area (Å²) in [6.07, 6.45) is 8.33. The molecule has 26 heavy (non-hydrogen) atoms. The van der Waals surface area contributed by atoms with Crippen molar-refractivity contribution in [2.75, 3.05) is 0 Å². The lowest BCUT2D eigenvalue weighted by Crippen LogP contribution is -2.51. The first-order valence-electron chi connectivity index (χ1n) is 9.74. The number of aromatic nitrogens is 3. The van der Waals surface area contributed by atoms with Gasteiger partial charge < -0.3 is 0 Å². The second-order valence-corrected chi connectivity index (χ2v) is 11.0. The number of nitrogens with zero attached hydrogens (tertiary/aromatic N) is 2. The molecule has 4 bridgehead atoms. The number of hydrogen-bond acceptors (Lipinski definition) is 5. The molecule has 4 aliphatic rings. The molecular formula is C20H25N3OS2. The predicted molar refractivity (Wildman–Crippen MR) is 104 cm³/mol. The van der Waals surface area contributed by atoms with Gasteiger partial charge in [-0.15, -0.1) is 16.4 Å². The number of H-pyrrole nitrogens is 1. The van der Waals surface area contributed by atoms with E-state index in [4.69, 9.17) is 0 Å². The maximum absolute atomic E-state index is 13.4. The van der Waals surface area contributed by atoms with Crippen LogP contribution in [0.25, 0.3) is 0 Å². The molecule has 0 saturated heterocycles. The molecule has 4 saturated carbocycles. The molecule has 2 aromatic rings. The van der Waals surface area contributed by atoms with Gasteiger partial charge in [-0.3, -0.25) is 9.89 Å². The van der Waals surface area contributed by atoms with Crippen LogP contribution in [0.1, 0.15) is 56.2 Å². The van der Waals surface area contributed by atoms with E-state index in [0.29, 0.717) is 10.9 Å². The molecule has 4 fully saturated rings. The molecule has 0 radical (unpaired) electrons. The summed E-state index contributed by atoms with van der Waals surface area (Å²) in [4.78, 5) is 19.3. The maximum atomic E-state index is 13.4. The van der Waals surface area contributed by atoms with Gasteiger partial charge in [-0.25, -0.2) is 4.98 Å². The third-order valence-corrected chi connectivity index (χ3v) is 8.48. The van der Waals surface area contributed by atoms with Gasteiger partial charge in [-0.1, -0.05) is 17.8 Å². The molecule has 1 unspecified atom stereocenters. The van der Waals surface area contributed by atoms with Crippen LogP contribution in [0, 0.1) is 23.2 Å². The van der Waals surface area contributed by atoms with Gasteiger partial charge in [0.15, 0.2) is 5.78 Å². The average Bonchev–Trinajstić information content (AvgIpc) is 3.25. The minimum Gasteiger partial charge on any atom is -0.298 e. The van der Waals surface area contributed by atoms with Crippen molar-refractivity contribution in [1.82, 2.24) is 15.2 Å². The Balaban J connectivity index is 1.26. The van der Waals surface area contributed by atoms with Gasteiger partial charge in [0.25, 0.3) is 0 Å². The average molecular weight is 388 g/mol. The Labute approximate surface area is 162 Å². The molecule has 2 heterocycles. The molecular weight excluding hydrogens is 362 g/mol. The number of nitrogens with one attached hydrogen (secondary N) is 1. The van der Waals surface area contributed by atoms with Crippen LogP contribution in [0.2, 0.25) is 0 Å². The Morgan fingerprint density at radius 1 is 1.31 bits per heavy atom. The number of hydrogen-bond donors (Lipinski definition) is 1. The van der Waals surface area contributed by atoms with Crippen LogP contribution < -0.4 is 0 Å². The van der Waals surface area contributed by atoms with Crippen LogP contribution in [0.4, 0.5) is 0 Å². The Kier molecular flexibility index (Phi) is 4.24. The number of carbonyl (C=O) groups is 1. The van der Waals surface area contributed by atoms with Crippen molar-refractivity contribution in [3.63, 3.8) is 0 Å². The highest BCUT2D eigenvalue weighted by Gasteiger charge is 2.55. The second kappa shape index (κ2) is 6.48. The molecule has 4 aliphatic carbocycles. The summed E-state index contributed by atoms with van der Waals surface area (Å²) in [6, 6.07) is 4.16. The number of rotatable bonds is 6. The zero-order valence-electron chi connectivity index (χ0n) is 15.1. The fourth-order valence-corrected chi connectivity index (χ4v) is 7.69. The largest absolute Gasteiger partial charge is 0.298 e. The van der Waals surface area contributed by atoms with Gasteiger partial charge in [0.2, 0.25) is 5.16 Å². The van der Waals surface area contributed by atoms with Crippen LogP contribution in [-0.4, -0.2) is 26.2 Å². The first kappa shape index (κ1) is 17.0. The monoisotopic (exact) mass is 387 g/mol. The smallest absolute Gasteiger partial charge is 0.209 e. The quantitative estimate of drug-likeness (QED) is 0.729. The van der Waals surface area contributed by atoms with Crippen LogP contribution in [0.3, 0.4) is 0 Å². The first-order valence-corrected chi connectivity index (χ1v) is 11.5. The van der Waals surface area contributed by atoms with Crippen molar-refractivity contribution in [2.24, 2.45) is 23.2 Å². The lowest BCUT2D eigenvalue weighted by atomic mass is 9.48. The molecule has 1 atom stereocenters. The van der Waals surface area contributed by atoms with Crippen molar-refractivity contribution in [3.8, 4) is 0 Å². The summed E-state index contributed by atoms with van der Waals surface area (Å²) in [7, 11) is 0. The van der Waals surface area contributed by atoms with Gasteiger partial charge in [0.05, 0.1) is 5.25 Å². The summed E-state index contributed by atoms with van der Waals surface area (Å²) in [5.74, 6) is 3.77. The van der Waals surface area contributed by atoms with E-state index >= 15 is 0 Å². The van der Waals surface area contributed by atoms with E-state index in [-0.39, 0.29) is 10.7 Å². The topological polar surface area (TPSA) is 58.6 Å². The summed E-state index contributed by atoms with van der Waals surface area (Å²) in [5.41, 5.74) is -0.0305. The van der Waals surface area contributed by atoms with Crippen molar-refractivity contribution in [3.05, 3.63) is 28.2 Å². The molecule has 0 amide bonds. The maximum Gasteiger partial charge on any atom is 0.209 e. The van der Waals surface area contributed by atoms with Crippen molar-refractivity contribution < 1.29 is 4.79 Å². The fourth-order valence-electron chi connectivity index (χ4n) is 6.04. The molecule has 0 aromatic carbocycles. The van der Waals surface area contributed by atoms with E-state index in [0.717, 1.165) is 49.3 Å². The van der Waals surface area contributed by atoms with E-state index in [1.807, 2.05) is 0 Å². The Morgan fingerprint density at radius 3 is 2.62 bits per heavy atom. The lowest BCUT2D eigenvalue weighted by Gasteiger charge is -2.56. The van der Waals surface area contributed by atoms with E-state index < -0.39 is 0 Å². The standard InChI is InChI=1S/C20H25N3OS2/c1-12(26-19-21-17(22-23-19)8-16-3-2-4-25-16)18(24)20-9-13-5-14(10-20)7-15(6-13)11-20/h2-4,12-15H,5-11H2,1H3,(H,21,22,23). The van der Waals surface area contributed by atoms with Crippen molar-refractivity contribution in [1.29, 1.82) is 0 Å². The predicted octanol–water partition coefficient (Wildman–Crippen LogP) is 4.72. The van der Waals surface area contributed by atoms with Crippen LogP contribution >= 0.6 is 23.1 Å². The molecule has 6 heteroatoms. The third-order valence-electron chi connectivity index (χ3n) is 6.65. The number of ketones is 1. The van der Waals surface area contributed by atoms with Crippen molar-refractivity contribution >= 4 is 28.9 Å². The van der Waals surface area contributed by atoms with Gasteiger partial charge >= 0.3 is 0 Å². The van der Waals surface area contributed by atoms with Gasteiger partial charge in [0.1, 0.15) is 5.82 Å². The molecule has 0 spiro atoms. The molecule has 138 valence electrons. The Hall–Kier alpha value is -1.14. The van der Waals surface area contributed by atoms with Crippen LogP contribution in [-0.2, 0) is 11.2 Å². The zero-order chi connectivity index (χ0) is 17.7. The van der Waals surface area contributed by atoms with E-state index in [9.17, 15) is 4.79 Å². The van der Waals surface area contributed by atoms with E-state index in [1.54, 1.807) is 11.3 Å². The minimum atomic E-state index is -0.0587. The molecule has 1 N–H and O–H groups in total. The summed E-state index contributed by atoms with van der Waals surface area (Å²) in [6.45, 7) is 2.06. The number of thiophene rings is 1. The highest BCUT2D eigenvalue weighted by molar-refractivity contribution is 8.00. The van der Waals surface area contributed by atoms with E-state index in [2.05, 4.69) is 39.6 Å². The van der Waals surface area contributed by atoms with E-state index in [1.165, 1.54) is 35.9 Å². The number of Topliss-reactive ketones (excluding diaryl/α,β-unsaturated/α-hetero) is 1. The van der Waals surface area contributed by atoms with Gasteiger partial charge in [-0.2, -0.15) is 0 Å². The Bertz CT molecular complexity index is 763. The third kappa shape index (κ3) is 3.05. The molecule has 0 aliphatic heterocycles. The lowest BCUT2D eigenvalue weighted by molar-refractivity contribution is -0.142. The molecule has 4 nitrogen and oxygen atoms in total.